The molecule has 9 heteroatoms. The quantitative estimate of drug-likeness (QED) is 0.482. The molecule has 1 atom stereocenters. The lowest BCUT2D eigenvalue weighted by Gasteiger charge is -2.31. The number of aryl methyl sites for hydroxylation is 1. The molecule has 0 saturated carbocycles. The van der Waals surface area contributed by atoms with Gasteiger partial charge in [0.15, 0.2) is 0 Å². The molecule has 1 N–H and O–H groups in total. The maximum absolute atomic E-state index is 15.3. The van der Waals surface area contributed by atoms with Crippen molar-refractivity contribution in [2.45, 2.75) is 19.4 Å². The highest BCUT2D eigenvalue weighted by Gasteiger charge is 2.28. The van der Waals surface area contributed by atoms with Crippen molar-refractivity contribution in [1.29, 1.82) is 0 Å². The zero-order chi connectivity index (χ0) is 23.1. The standard InChI is InChI=1S/C24H21F2N3O4/c1-14-4-5-29-19(12-16-13-28(24(30)31)6-8-32-16)23(27-21(29)9-14)22-17(25)10-15(11-18(22)26)20-3-2-7-33-20/h2-5,7,9-11,16H,6,8,12-13H2,1H3,(H,30,31)/t16-/m0/s1. The van der Waals surface area contributed by atoms with E-state index in [1.165, 1.54) is 23.3 Å². The van der Waals surface area contributed by atoms with E-state index in [4.69, 9.17) is 9.15 Å². The minimum absolute atomic E-state index is 0.163. The third-order valence-electron chi connectivity index (χ3n) is 5.80. The van der Waals surface area contributed by atoms with Crippen molar-refractivity contribution >= 4 is 11.7 Å². The van der Waals surface area contributed by atoms with Crippen LogP contribution in [0.5, 0.6) is 0 Å². The van der Waals surface area contributed by atoms with Crippen molar-refractivity contribution in [1.82, 2.24) is 14.3 Å². The van der Waals surface area contributed by atoms with Gasteiger partial charge in [0.05, 0.1) is 42.5 Å². The summed E-state index contributed by atoms with van der Waals surface area (Å²) in [6, 6.07) is 9.41. The van der Waals surface area contributed by atoms with E-state index in [2.05, 4.69) is 4.98 Å². The smallest absolute Gasteiger partial charge is 0.407 e. The summed E-state index contributed by atoms with van der Waals surface area (Å²) in [5.74, 6) is -1.17. The van der Waals surface area contributed by atoms with Gasteiger partial charge >= 0.3 is 6.09 Å². The number of hydrogen-bond donors (Lipinski definition) is 1. The number of morpholine rings is 1. The van der Waals surface area contributed by atoms with E-state index in [1.54, 1.807) is 22.7 Å². The SMILES string of the molecule is Cc1ccn2c(C[C@H]3CN(C(=O)O)CCO3)c(-c3c(F)cc(-c4ccco4)cc3F)nc2c1. The number of fused-ring (bicyclic) bond motifs is 1. The average molecular weight is 453 g/mol. The van der Waals surface area contributed by atoms with Gasteiger partial charge in [0.2, 0.25) is 0 Å². The number of nitrogens with zero attached hydrogens (tertiary/aromatic N) is 3. The van der Waals surface area contributed by atoms with Crippen molar-refractivity contribution in [3.05, 3.63) is 71.8 Å². The minimum atomic E-state index is -1.03. The number of aromatic nitrogens is 2. The number of ether oxygens (including phenoxy) is 1. The van der Waals surface area contributed by atoms with Crippen LogP contribution in [0.25, 0.3) is 28.2 Å². The first-order valence-electron chi connectivity index (χ1n) is 10.5. The second kappa shape index (κ2) is 8.32. The first-order valence-corrected chi connectivity index (χ1v) is 10.5. The second-order valence-corrected chi connectivity index (χ2v) is 8.06. The first kappa shape index (κ1) is 21.1. The predicted octanol–water partition coefficient (Wildman–Crippen LogP) is 4.77. The van der Waals surface area contributed by atoms with Gasteiger partial charge in [-0.2, -0.15) is 0 Å². The maximum atomic E-state index is 15.3. The third-order valence-corrected chi connectivity index (χ3v) is 5.80. The lowest BCUT2D eigenvalue weighted by molar-refractivity contribution is -0.0214. The van der Waals surface area contributed by atoms with Crippen molar-refractivity contribution in [3.63, 3.8) is 0 Å². The van der Waals surface area contributed by atoms with Crippen LogP contribution >= 0.6 is 0 Å². The van der Waals surface area contributed by atoms with Crippen LogP contribution in [-0.2, 0) is 11.2 Å². The topological polar surface area (TPSA) is 80.2 Å². The normalized spacial score (nSPS) is 16.5. The van der Waals surface area contributed by atoms with Crippen LogP contribution < -0.4 is 0 Å². The molecule has 1 aliphatic rings. The molecular formula is C24H21F2N3O4. The van der Waals surface area contributed by atoms with Gasteiger partial charge in [-0.15, -0.1) is 0 Å². The minimum Gasteiger partial charge on any atom is -0.465 e. The second-order valence-electron chi connectivity index (χ2n) is 8.06. The lowest BCUT2D eigenvalue weighted by atomic mass is 10.0. The van der Waals surface area contributed by atoms with Gasteiger partial charge in [-0.25, -0.2) is 18.6 Å². The van der Waals surface area contributed by atoms with Crippen LogP contribution in [0.2, 0.25) is 0 Å². The molecule has 1 fully saturated rings. The number of hydrogen-bond acceptors (Lipinski definition) is 4. The van der Waals surface area contributed by atoms with E-state index in [0.717, 1.165) is 5.56 Å². The van der Waals surface area contributed by atoms with E-state index < -0.39 is 23.8 Å². The van der Waals surface area contributed by atoms with Crippen LogP contribution in [0.4, 0.5) is 13.6 Å². The first-order chi connectivity index (χ1) is 15.9. The van der Waals surface area contributed by atoms with Crippen LogP contribution in [0.3, 0.4) is 0 Å². The largest absolute Gasteiger partial charge is 0.465 e. The Hall–Kier alpha value is -3.72. The zero-order valence-corrected chi connectivity index (χ0v) is 17.8. The van der Waals surface area contributed by atoms with Gasteiger partial charge in [-0.05, 0) is 48.9 Å². The summed E-state index contributed by atoms with van der Waals surface area (Å²) in [7, 11) is 0. The van der Waals surface area contributed by atoms with Crippen LogP contribution in [0, 0.1) is 18.6 Å². The third kappa shape index (κ3) is 3.95. The van der Waals surface area contributed by atoms with E-state index >= 15 is 8.78 Å². The Labute approximate surface area is 187 Å². The molecule has 4 heterocycles. The number of furan rings is 1. The average Bonchev–Trinajstić information content (AvgIpc) is 3.42. The molecule has 1 aliphatic heterocycles. The number of carboxylic acid groups (broad SMARTS) is 1. The number of rotatable bonds is 4. The Kier molecular flexibility index (Phi) is 5.33. The molecule has 0 unspecified atom stereocenters. The number of amides is 1. The number of imidazole rings is 1. The summed E-state index contributed by atoms with van der Waals surface area (Å²) in [4.78, 5) is 17.2. The number of carbonyl (C=O) groups is 1. The molecule has 1 saturated heterocycles. The molecule has 1 amide bonds. The summed E-state index contributed by atoms with van der Waals surface area (Å²) in [5, 5.41) is 9.34. The Morgan fingerprint density at radius 2 is 2.03 bits per heavy atom. The molecule has 7 nitrogen and oxygen atoms in total. The maximum Gasteiger partial charge on any atom is 0.407 e. The van der Waals surface area contributed by atoms with Gasteiger partial charge < -0.3 is 23.6 Å². The monoisotopic (exact) mass is 453 g/mol. The highest BCUT2D eigenvalue weighted by atomic mass is 19.1. The molecule has 5 rings (SSSR count). The number of benzene rings is 1. The molecule has 4 aromatic rings. The van der Waals surface area contributed by atoms with Gasteiger partial charge in [0.25, 0.3) is 0 Å². The summed E-state index contributed by atoms with van der Waals surface area (Å²) >= 11 is 0. The Morgan fingerprint density at radius 1 is 1.24 bits per heavy atom. The molecule has 1 aromatic carbocycles. The summed E-state index contributed by atoms with van der Waals surface area (Å²) in [6.07, 6.45) is 1.97. The fraction of sp³-hybridized carbons (Fsp3) is 0.250. The molecule has 170 valence electrons. The van der Waals surface area contributed by atoms with Gasteiger partial charge in [0, 0.05) is 24.7 Å². The van der Waals surface area contributed by atoms with E-state index in [-0.39, 0.29) is 42.9 Å². The predicted molar refractivity (Wildman–Crippen MR) is 116 cm³/mol. The highest BCUT2D eigenvalue weighted by Crippen LogP contribution is 2.34. The van der Waals surface area contributed by atoms with E-state index in [0.29, 0.717) is 17.1 Å². The zero-order valence-electron chi connectivity index (χ0n) is 17.8. The van der Waals surface area contributed by atoms with E-state index in [9.17, 15) is 9.90 Å². The molecule has 33 heavy (non-hydrogen) atoms. The Bertz CT molecular complexity index is 1310. The summed E-state index contributed by atoms with van der Waals surface area (Å²) in [5.41, 5.74) is 2.24. The van der Waals surface area contributed by atoms with Crippen molar-refractivity contribution in [2.24, 2.45) is 0 Å². The van der Waals surface area contributed by atoms with Crippen LogP contribution in [0.1, 0.15) is 11.3 Å². The molecular weight excluding hydrogens is 432 g/mol. The molecule has 0 bridgehead atoms. The molecule has 0 aliphatic carbocycles. The molecule has 0 spiro atoms. The van der Waals surface area contributed by atoms with Gasteiger partial charge in [-0.1, -0.05) is 0 Å². The molecule has 0 radical (unpaired) electrons. The van der Waals surface area contributed by atoms with Gasteiger partial charge in [-0.3, -0.25) is 0 Å². The highest BCUT2D eigenvalue weighted by molar-refractivity contribution is 5.72. The number of pyridine rings is 1. The lowest BCUT2D eigenvalue weighted by Crippen LogP contribution is -2.45. The Balaban J connectivity index is 1.61. The Morgan fingerprint density at radius 3 is 2.73 bits per heavy atom. The van der Waals surface area contributed by atoms with Crippen LogP contribution in [-0.4, -0.2) is 51.3 Å². The van der Waals surface area contributed by atoms with E-state index in [1.807, 2.05) is 19.1 Å². The van der Waals surface area contributed by atoms with Crippen molar-refractivity contribution < 1.29 is 27.8 Å². The van der Waals surface area contributed by atoms with Crippen LogP contribution in [0.15, 0.2) is 53.3 Å². The van der Waals surface area contributed by atoms with Crippen molar-refractivity contribution in [3.8, 4) is 22.6 Å². The molecule has 3 aromatic heterocycles. The summed E-state index contributed by atoms with van der Waals surface area (Å²) < 4.78 is 43.4. The van der Waals surface area contributed by atoms with Crippen molar-refractivity contribution in [2.75, 3.05) is 19.7 Å². The fourth-order valence-corrected chi connectivity index (χ4v) is 4.21. The van der Waals surface area contributed by atoms with Gasteiger partial charge in [0.1, 0.15) is 23.0 Å². The number of halogens is 2. The summed E-state index contributed by atoms with van der Waals surface area (Å²) in [6.45, 7) is 2.60. The fourth-order valence-electron chi connectivity index (χ4n) is 4.21.